The third-order valence-corrected chi connectivity index (χ3v) is 7.28. The number of hydrogen-bond donors (Lipinski definition) is 2. The van der Waals surface area contributed by atoms with E-state index in [1.165, 1.54) is 16.7 Å². The highest BCUT2D eigenvalue weighted by atomic mass is 35.5. The number of morpholine rings is 1. The first-order chi connectivity index (χ1) is 17.2. The highest BCUT2D eigenvalue weighted by Crippen LogP contribution is 2.37. The maximum absolute atomic E-state index is 13.9. The number of alkyl halides is 3. The minimum atomic E-state index is -4.64. The Morgan fingerprint density at radius 3 is 2.86 bits per heavy atom. The summed E-state index contributed by atoms with van der Waals surface area (Å²) >= 11 is 6.65. The van der Waals surface area contributed by atoms with Crippen LogP contribution in [0.1, 0.15) is 21.6 Å². The first kappa shape index (κ1) is 24.7. The van der Waals surface area contributed by atoms with Crippen LogP contribution in [0.15, 0.2) is 51.4 Å². The van der Waals surface area contributed by atoms with Gasteiger partial charge in [-0.3, -0.25) is 9.36 Å². The maximum Gasteiger partial charge on any atom is 0.416 e. The van der Waals surface area contributed by atoms with Gasteiger partial charge < -0.3 is 15.2 Å². The Bertz CT molecular complexity index is 1520. The molecule has 36 heavy (non-hydrogen) atoms. The van der Waals surface area contributed by atoms with Crippen molar-refractivity contribution in [2.75, 3.05) is 19.7 Å². The lowest BCUT2D eigenvalue weighted by atomic mass is 9.96. The third kappa shape index (κ3) is 4.96. The lowest BCUT2D eigenvalue weighted by Crippen LogP contribution is -2.41. The summed E-state index contributed by atoms with van der Waals surface area (Å²) in [4.78, 5) is 12.6. The van der Waals surface area contributed by atoms with Crippen LogP contribution in [0.5, 0.6) is 5.88 Å². The molecule has 0 radical (unpaired) electrons. The van der Waals surface area contributed by atoms with E-state index >= 15 is 0 Å². The number of fused-ring (bicyclic) bond motifs is 1. The normalized spacial score (nSPS) is 18.2. The average molecular weight is 537 g/mol. The molecule has 0 amide bonds. The fourth-order valence-corrected chi connectivity index (χ4v) is 5.39. The van der Waals surface area contributed by atoms with Crippen LogP contribution in [0.4, 0.5) is 13.2 Å². The molecule has 12 heteroatoms. The minimum absolute atomic E-state index is 0.0348. The highest BCUT2D eigenvalue weighted by Gasteiger charge is 2.34. The zero-order chi connectivity index (χ0) is 25.4. The smallest absolute Gasteiger partial charge is 0.416 e. The molecule has 7 nitrogen and oxygen atoms in total. The van der Waals surface area contributed by atoms with E-state index in [4.69, 9.17) is 16.3 Å². The zero-order valence-corrected chi connectivity index (χ0v) is 20.3. The number of benzene rings is 2. The van der Waals surface area contributed by atoms with Crippen molar-refractivity contribution in [3.8, 4) is 5.88 Å². The van der Waals surface area contributed by atoms with Crippen LogP contribution in [0.3, 0.4) is 0 Å². The molecule has 188 valence electrons. The molecule has 5 rings (SSSR count). The molecule has 2 aliphatic heterocycles. The van der Waals surface area contributed by atoms with Crippen molar-refractivity contribution in [2.45, 2.75) is 25.2 Å². The summed E-state index contributed by atoms with van der Waals surface area (Å²) in [6, 6.07) is 8.70. The molecule has 1 aromatic heterocycles. The summed E-state index contributed by atoms with van der Waals surface area (Å²) in [6.45, 7) is 1.81. The lowest BCUT2D eigenvalue weighted by Gasteiger charge is -2.23. The number of hydrogen-bond acceptors (Lipinski definition) is 7. The minimum Gasteiger partial charge on any atom is -0.493 e. The van der Waals surface area contributed by atoms with Gasteiger partial charge in [-0.2, -0.15) is 23.4 Å². The van der Waals surface area contributed by atoms with Crippen LogP contribution in [0, 0.1) is 0 Å². The molecule has 0 saturated carbocycles. The van der Waals surface area contributed by atoms with Gasteiger partial charge in [0.25, 0.3) is 0 Å². The van der Waals surface area contributed by atoms with Gasteiger partial charge in [-0.05, 0) is 40.6 Å². The van der Waals surface area contributed by atoms with Gasteiger partial charge in [0.05, 0.1) is 41.3 Å². The van der Waals surface area contributed by atoms with E-state index in [2.05, 4.69) is 15.5 Å². The molecule has 1 saturated heterocycles. The van der Waals surface area contributed by atoms with Crippen molar-refractivity contribution < 1.29 is 23.0 Å². The summed E-state index contributed by atoms with van der Waals surface area (Å²) in [5, 5.41) is 23.3. The molecule has 0 spiro atoms. The number of rotatable bonds is 5. The van der Waals surface area contributed by atoms with Crippen molar-refractivity contribution in [3.05, 3.63) is 83.2 Å². The molecule has 2 aliphatic rings. The molecule has 2 aromatic carbocycles. The first-order valence-corrected chi connectivity index (χ1v) is 12.3. The molecule has 3 heterocycles. The number of thiazole rings is 1. The monoisotopic (exact) mass is 536 g/mol. The van der Waals surface area contributed by atoms with Gasteiger partial charge in [-0.25, -0.2) is 0 Å². The fourth-order valence-electron chi connectivity index (χ4n) is 4.26. The largest absolute Gasteiger partial charge is 0.493 e. The Kier molecular flexibility index (Phi) is 6.73. The summed E-state index contributed by atoms with van der Waals surface area (Å²) < 4.78 is 48.4. The van der Waals surface area contributed by atoms with Crippen LogP contribution in [0.25, 0.3) is 5.57 Å². The molecule has 0 aliphatic carbocycles. The van der Waals surface area contributed by atoms with E-state index in [1.807, 2.05) is 0 Å². The van der Waals surface area contributed by atoms with Gasteiger partial charge >= 0.3 is 11.0 Å². The molecule has 1 atom stereocenters. The van der Waals surface area contributed by atoms with Gasteiger partial charge in [0, 0.05) is 30.1 Å². The molecular weight excluding hydrogens is 517 g/mol. The van der Waals surface area contributed by atoms with Gasteiger partial charge in [0.15, 0.2) is 0 Å². The summed E-state index contributed by atoms with van der Waals surface area (Å²) in [5.41, 5.74) is 0.141. The van der Waals surface area contributed by atoms with E-state index in [-0.39, 0.29) is 40.4 Å². The number of ether oxygens (including phenoxy) is 1. The Balaban J connectivity index is 1.66. The molecule has 0 bridgehead atoms. The van der Waals surface area contributed by atoms with E-state index < -0.39 is 16.6 Å². The van der Waals surface area contributed by atoms with Crippen LogP contribution in [0.2, 0.25) is 5.02 Å². The SMILES string of the molecule is O=c1sc(C(Cc2ccc(Cl)cc2C(F)(F)F)=c2ccc3c(c2)C=NN=3)c(O)n1C[C@@H]1CNCCO1. The van der Waals surface area contributed by atoms with E-state index in [0.29, 0.717) is 41.4 Å². The average Bonchev–Trinajstić information content (AvgIpc) is 3.43. The Labute approximate surface area is 211 Å². The second-order valence-electron chi connectivity index (χ2n) is 8.40. The van der Waals surface area contributed by atoms with Crippen molar-refractivity contribution in [1.29, 1.82) is 0 Å². The summed E-state index contributed by atoms with van der Waals surface area (Å²) in [7, 11) is 0. The van der Waals surface area contributed by atoms with Crippen LogP contribution in [-0.2, 0) is 23.9 Å². The van der Waals surface area contributed by atoms with Gasteiger partial charge in [0.2, 0.25) is 5.88 Å². The van der Waals surface area contributed by atoms with Crippen LogP contribution in [-0.4, -0.2) is 41.7 Å². The maximum atomic E-state index is 13.9. The van der Waals surface area contributed by atoms with Gasteiger partial charge in [0.1, 0.15) is 0 Å². The Morgan fingerprint density at radius 2 is 2.11 bits per heavy atom. The highest BCUT2D eigenvalue weighted by molar-refractivity contribution is 7.10. The second-order valence-corrected chi connectivity index (χ2v) is 9.80. The predicted octanol–water partition coefficient (Wildman–Crippen LogP) is 2.68. The quantitative estimate of drug-likeness (QED) is 0.525. The number of halogens is 4. The summed E-state index contributed by atoms with van der Waals surface area (Å²) in [5.74, 6) is -0.310. The topological polar surface area (TPSA) is 88.2 Å². The fraction of sp³-hybridized carbons (Fsp3) is 0.292. The van der Waals surface area contributed by atoms with Crippen LogP contribution < -0.4 is 20.8 Å². The molecule has 2 N–H and O–H groups in total. The molecular formula is C24H20ClF3N4O3S. The van der Waals surface area contributed by atoms with Crippen molar-refractivity contribution >= 4 is 34.7 Å². The third-order valence-electron chi connectivity index (χ3n) is 6.02. The molecule has 3 aromatic rings. The van der Waals surface area contributed by atoms with Crippen molar-refractivity contribution in [1.82, 2.24) is 9.88 Å². The Morgan fingerprint density at radius 1 is 1.28 bits per heavy atom. The van der Waals surface area contributed by atoms with Crippen molar-refractivity contribution in [2.24, 2.45) is 10.2 Å². The first-order valence-electron chi connectivity index (χ1n) is 11.1. The Hall–Kier alpha value is -2.99. The van der Waals surface area contributed by atoms with Gasteiger partial charge in [-0.1, -0.05) is 35.1 Å². The van der Waals surface area contributed by atoms with Crippen LogP contribution >= 0.6 is 22.9 Å². The van der Waals surface area contributed by atoms with E-state index in [1.54, 1.807) is 24.4 Å². The summed E-state index contributed by atoms with van der Waals surface area (Å²) in [6.07, 6.45) is -3.62. The van der Waals surface area contributed by atoms with Gasteiger partial charge in [-0.15, -0.1) is 0 Å². The number of nitrogens with one attached hydrogen (secondary N) is 1. The molecule has 0 unspecified atom stereocenters. The number of aromatic hydroxyl groups is 1. The number of nitrogens with zero attached hydrogens (tertiary/aromatic N) is 3. The van der Waals surface area contributed by atoms with E-state index in [9.17, 15) is 23.1 Å². The second kappa shape index (κ2) is 9.81. The molecule has 1 fully saturated rings. The lowest BCUT2D eigenvalue weighted by molar-refractivity contribution is -0.138. The predicted molar refractivity (Wildman–Crippen MR) is 130 cm³/mol. The standard InChI is InChI=1S/C24H20ClF3N4O3S/c25-16-3-1-14(19(9-16)24(26,27)28)8-18(13-2-4-20-15(7-13)10-30-31-20)21-22(33)32(23(34)36-21)12-17-11-29-5-6-35-17/h1-4,7,9-10,17,29,33H,5-6,8,11-12H2/t17-/m0/s1. The van der Waals surface area contributed by atoms with E-state index in [0.717, 1.165) is 17.4 Å². The van der Waals surface area contributed by atoms with Crippen molar-refractivity contribution in [3.63, 3.8) is 0 Å². The zero-order valence-electron chi connectivity index (χ0n) is 18.7. The number of aromatic nitrogens is 1.